The number of rotatable bonds is 3. The van der Waals surface area contributed by atoms with Crippen LogP contribution < -0.4 is 0 Å². The van der Waals surface area contributed by atoms with E-state index in [-0.39, 0.29) is 0 Å². The van der Waals surface area contributed by atoms with Crippen molar-refractivity contribution < 1.29 is 0 Å². The summed E-state index contributed by atoms with van der Waals surface area (Å²) in [6, 6.07) is 7.93. The van der Waals surface area contributed by atoms with Crippen LogP contribution in [0.2, 0.25) is 5.02 Å². The third-order valence-electron chi connectivity index (χ3n) is 1.15. The lowest BCUT2D eigenvalue weighted by atomic mass is 10.4. The summed E-state index contributed by atoms with van der Waals surface area (Å²) in [7, 11) is 3.66. The normalized spacial score (nSPS) is 10.7. The highest BCUT2D eigenvalue weighted by Crippen LogP contribution is 2.34. The minimum absolute atomic E-state index is 0.658. The van der Waals surface area contributed by atoms with Gasteiger partial charge in [-0.05, 0) is 24.3 Å². The van der Waals surface area contributed by atoms with Crippen LogP contribution in [0.5, 0.6) is 0 Å². The zero-order valence-electron chi connectivity index (χ0n) is 7.08. The lowest BCUT2D eigenvalue weighted by Crippen LogP contribution is -1.80. The molecular formula is C9H11ClS2. The van der Waals surface area contributed by atoms with E-state index in [1.807, 2.05) is 35.1 Å². The summed E-state index contributed by atoms with van der Waals surface area (Å²) in [5.74, 6) is 0. The van der Waals surface area contributed by atoms with Gasteiger partial charge in [0, 0.05) is 15.2 Å². The molecule has 0 aliphatic rings. The van der Waals surface area contributed by atoms with E-state index in [9.17, 15) is 0 Å². The van der Waals surface area contributed by atoms with E-state index in [2.05, 4.69) is 13.8 Å². The van der Waals surface area contributed by atoms with Crippen LogP contribution in [0.25, 0.3) is 0 Å². The van der Waals surface area contributed by atoms with E-state index in [0.29, 0.717) is 5.25 Å². The van der Waals surface area contributed by atoms with Crippen molar-refractivity contribution >= 4 is 33.2 Å². The highest BCUT2D eigenvalue weighted by atomic mass is 35.5. The predicted octanol–water partition coefficient (Wildman–Crippen LogP) is 4.49. The van der Waals surface area contributed by atoms with Gasteiger partial charge in [0.15, 0.2) is 0 Å². The summed E-state index contributed by atoms with van der Waals surface area (Å²) >= 11 is 5.76. The number of halogens is 1. The second kappa shape index (κ2) is 5.05. The summed E-state index contributed by atoms with van der Waals surface area (Å²) in [5.41, 5.74) is 0. The molecule has 1 rings (SSSR count). The van der Waals surface area contributed by atoms with Crippen molar-refractivity contribution in [3.8, 4) is 0 Å². The van der Waals surface area contributed by atoms with Gasteiger partial charge in [0.1, 0.15) is 0 Å². The standard InChI is InChI=1S/C9H11ClS2/c1-7(2)11-12-9-5-3-8(10)4-6-9/h3-7H,1-2H3. The average molecular weight is 219 g/mol. The molecule has 66 valence electrons. The summed E-state index contributed by atoms with van der Waals surface area (Å²) < 4.78 is 0. The van der Waals surface area contributed by atoms with Gasteiger partial charge in [0.05, 0.1) is 0 Å². The SMILES string of the molecule is CC(C)SSc1ccc(Cl)cc1. The van der Waals surface area contributed by atoms with Gasteiger partial charge in [-0.2, -0.15) is 0 Å². The van der Waals surface area contributed by atoms with Crippen LogP contribution >= 0.6 is 33.2 Å². The Morgan fingerprint density at radius 3 is 2.25 bits per heavy atom. The molecular weight excluding hydrogens is 208 g/mol. The van der Waals surface area contributed by atoms with Crippen LogP contribution in [-0.2, 0) is 0 Å². The first kappa shape index (κ1) is 10.3. The van der Waals surface area contributed by atoms with Gasteiger partial charge in [0.25, 0.3) is 0 Å². The molecule has 0 aliphatic carbocycles. The van der Waals surface area contributed by atoms with Crippen LogP contribution in [0.1, 0.15) is 13.8 Å². The van der Waals surface area contributed by atoms with E-state index in [1.165, 1.54) is 4.90 Å². The van der Waals surface area contributed by atoms with Gasteiger partial charge in [0.2, 0.25) is 0 Å². The first-order valence-electron chi connectivity index (χ1n) is 3.77. The molecule has 0 saturated carbocycles. The maximum absolute atomic E-state index is 5.76. The topological polar surface area (TPSA) is 0 Å². The maximum atomic E-state index is 5.76. The molecule has 0 unspecified atom stereocenters. The number of hydrogen-bond acceptors (Lipinski definition) is 2. The molecule has 0 bridgehead atoms. The number of benzene rings is 1. The summed E-state index contributed by atoms with van der Waals surface area (Å²) in [4.78, 5) is 1.26. The molecule has 0 aliphatic heterocycles. The fraction of sp³-hybridized carbons (Fsp3) is 0.333. The van der Waals surface area contributed by atoms with Crippen molar-refractivity contribution in [2.75, 3.05) is 0 Å². The Kier molecular flexibility index (Phi) is 4.33. The Labute approximate surface area is 86.5 Å². The largest absolute Gasteiger partial charge is 0.0861 e. The van der Waals surface area contributed by atoms with Gasteiger partial charge >= 0.3 is 0 Å². The lowest BCUT2D eigenvalue weighted by Gasteiger charge is -2.02. The Balaban J connectivity index is 2.48. The van der Waals surface area contributed by atoms with Crippen LogP contribution in [0.4, 0.5) is 0 Å². The first-order chi connectivity index (χ1) is 5.68. The first-order valence-corrected chi connectivity index (χ1v) is 6.36. The van der Waals surface area contributed by atoms with E-state index < -0.39 is 0 Å². The van der Waals surface area contributed by atoms with Crippen LogP contribution in [0.15, 0.2) is 29.2 Å². The van der Waals surface area contributed by atoms with E-state index in [1.54, 1.807) is 10.8 Å². The quantitative estimate of drug-likeness (QED) is 0.686. The molecule has 0 N–H and O–H groups in total. The molecule has 0 aromatic heterocycles. The highest BCUT2D eigenvalue weighted by Gasteiger charge is 1.97. The smallest absolute Gasteiger partial charge is 0.0406 e. The summed E-state index contributed by atoms with van der Waals surface area (Å²) in [6.07, 6.45) is 0. The third-order valence-corrected chi connectivity index (χ3v) is 4.37. The molecule has 0 amide bonds. The average Bonchev–Trinajstić information content (AvgIpc) is 2.03. The Bertz CT molecular complexity index is 231. The van der Waals surface area contributed by atoms with E-state index >= 15 is 0 Å². The minimum atomic E-state index is 0.658. The lowest BCUT2D eigenvalue weighted by molar-refractivity contribution is 1.12. The van der Waals surface area contributed by atoms with Gasteiger partial charge in [-0.15, -0.1) is 0 Å². The van der Waals surface area contributed by atoms with Crippen LogP contribution in [0, 0.1) is 0 Å². The Morgan fingerprint density at radius 1 is 1.17 bits per heavy atom. The van der Waals surface area contributed by atoms with Crippen LogP contribution in [0.3, 0.4) is 0 Å². The van der Waals surface area contributed by atoms with Gasteiger partial charge in [-0.3, -0.25) is 0 Å². The zero-order valence-corrected chi connectivity index (χ0v) is 9.47. The van der Waals surface area contributed by atoms with E-state index in [0.717, 1.165) is 5.02 Å². The Hall–Kier alpha value is 0.210. The van der Waals surface area contributed by atoms with Gasteiger partial charge in [-0.25, -0.2) is 0 Å². The summed E-state index contributed by atoms with van der Waals surface area (Å²) in [5, 5.41) is 1.46. The van der Waals surface area contributed by atoms with Crippen molar-refractivity contribution in [3.05, 3.63) is 29.3 Å². The molecule has 1 aromatic carbocycles. The third kappa shape index (κ3) is 3.74. The van der Waals surface area contributed by atoms with Gasteiger partial charge < -0.3 is 0 Å². The second-order valence-electron chi connectivity index (χ2n) is 2.68. The number of hydrogen-bond donors (Lipinski definition) is 0. The molecule has 3 heteroatoms. The van der Waals surface area contributed by atoms with Crippen molar-refractivity contribution in [2.45, 2.75) is 24.0 Å². The fourth-order valence-corrected chi connectivity index (χ4v) is 2.56. The Morgan fingerprint density at radius 2 is 1.75 bits per heavy atom. The monoisotopic (exact) mass is 218 g/mol. The molecule has 0 radical (unpaired) electrons. The molecule has 0 atom stereocenters. The molecule has 0 fully saturated rings. The molecule has 1 aromatic rings. The van der Waals surface area contributed by atoms with Crippen molar-refractivity contribution in [2.24, 2.45) is 0 Å². The second-order valence-corrected chi connectivity index (χ2v) is 5.97. The maximum Gasteiger partial charge on any atom is 0.0406 e. The van der Waals surface area contributed by atoms with E-state index in [4.69, 9.17) is 11.6 Å². The predicted molar refractivity (Wildman–Crippen MR) is 60.0 cm³/mol. The molecule has 12 heavy (non-hydrogen) atoms. The zero-order chi connectivity index (χ0) is 8.97. The van der Waals surface area contributed by atoms with Crippen LogP contribution in [-0.4, -0.2) is 5.25 Å². The van der Waals surface area contributed by atoms with Crippen molar-refractivity contribution in [1.29, 1.82) is 0 Å². The van der Waals surface area contributed by atoms with Gasteiger partial charge in [-0.1, -0.05) is 47.0 Å². The minimum Gasteiger partial charge on any atom is -0.0861 e. The molecule has 0 saturated heterocycles. The van der Waals surface area contributed by atoms with Crippen molar-refractivity contribution in [1.82, 2.24) is 0 Å². The fourth-order valence-electron chi connectivity index (χ4n) is 0.642. The summed E-state index contributed by atoms with van der Waals surface area (Å²) in [6.45, 7) is 4.38. The molecule has 0 heterocycles. The highest BCUT2D eigenvalue weighted by molar-refractivity contribution is 8.76. The molecule has 0 spiro atoms. The van der Waals surface area contributed by atoms with Crippen molar-refractivity contribution in [3.63, 3.8) is 0 Å². The molecule has 0 nitrogen and oxygen atoms in total.